The number of aliphatic hydroxyl groups is 4. The summed E-state index contributed by atoms with van der Waals surface area (Å²) in [5.41, 5.74) is 6.12. The predicted molar refractivity (Wildman–Crippen MR) is 65.9 cm³/mol. The minimum Gasteiger partial charge on any atom is -0.394 e. The Morgan fingerprint density at radius 2 is 2.06 bits per heavy atom. The summed E-state index contributed by atoms with van der Waals surface area (Å²) in [6, 6.07) is 0. The lowest BCUT2D eigenvalue weighted by Crippen LogP contribution is -2.43. The van der Waals surface area contributed by atoms with Crippen LogP contribution in [-0.2, 0) is 6.54 Å². The molecule has 8 heteroatoms. The number of anilines is 2. The number of rotatable bonds is 7. The van der Waals surface area contributed by atoms with Crippen LogP contribution in [0.3, 0.4) is 0 Å². The average Bonchev–Trinajstić information content (AvgIpc) is 2.74. The first-order valence-electron chi connectivity index (χ1n) is 5.71. The first-order valence-corrected chi connectivity index (χ1v) is 5.71. The zero-order valence-corrected chi connectivity index (χ0v) is 10.2. The molecule has 1 aromatic rings. The molecule has 7 N–H and O–H groups in total. The lowest BCUT2D eigenvalue weighted by Gasteiger charge is -2.22. The molecule has 8 nitrogen and oxygen atoms in total. The molecule has 0 radical (unpaired) electrons. The van der Waals surface area contributed by atoms with Crippen LogP contribution < -0.4 is 11.1 Å². The van der Waals surface area contributed by atoms with Gasteiger partial charge in [0.15, 0.2) is 0 Å². The Hall–Kier alpha value is -1.35. The maximum Gasteiger partial charge on any atom is 0.147 e. The van der Waals surface area contributed by atoms with Gasteiger partial charge in [-0.3, -0.25) is 0 Å². The maximum absolute atomic E-state index is 9.62. The Kier molecular flexibility index (Phi) is 5.35. The first kappa shape index (κ1) is 14.7. The molecular weight excluding hydrogens is 240 g/mol. The van der Waals surface area contributed by atoms with E-state index in [4.69, 9.17) is 10.8 Å². The van der Waals surface area contributed by atoms with Crippen LogP contribution in [0, 0.1) is 0 Å². The van der Waals surface area contributed by atoms with Gasteiger partial charge in [0.25, 0.3) is 0 Å². The van der Waals surface area contributed by atoms with Gasteiger partial charge in [-0.1, -0.05) is 0 Å². The van der Waals surface area contributed by atoms with E-state index in [1.807, 2.05) is 6.92 Å². The highest BCUT2D eigenvalue weighted by Gasteiger charge is 2.24. The normalized spacial score (nSPS) is 16.3. The maximum atomic E-state index is 9.62. The number of nitrogens with one attached hydrogen (secondary N) is 1. The molecule has 0 aromatic carbocycles. The van der Waals surface area contributed by atoms with E-state index in [1.165, 1.54) is 6.20 Å². The molecule has 0 aliphatic rings. The lowest BCUT2D eigenvalue weighted by molar-refractivity contribution is -0.0715. The molecule has 104 valence electrons. The summed E-state index contributed by atoms with van der Waals surface area (Å²) in [6.07, 6.45) is -2.55. The molecule has 1 aromatic heterocycles. The van der Waals surface area contributed by atoms with Crippen molar-refractivity contribution in [2.75, 3.05) is 24.2 Å². The Morgan fingerprint density at radius 3 is 2.61 bits per heavy atom. The highest BCUT2D eigenvalue weighted by atomic mass is 16.4. The molecule has 0 saturated heterocycles. The number of aryl methyl sites for hydroxylation is 1. The second kappa shape index (κ2) is 6.55. The smallest absolute Gasteiger partial charge is 0.147 e. The molecule has 1 heterocycles. The van der Waals surface area contributed by atoms with Gasteiger partial charge in [-0.15, -0.1) is 0 Å². The summed E-state index contributed by atoms with van der Waals surface area (Å²) >= 11 is 0. The summed E-state index contributed by atoms with van der Waals surface area (Å²) in [4.78, 5) is 0. The van der Waals surface area contributed by atoms with Gasteiger partial charge in [-0.2, -0.15) is 5.10 Å². The third-order valence-corrected chi connectivity index (χ3v) is 2.62. The molecule has 18 heavy (non-hydrogen) atoms. The summed E-state index contributed by atoms with van der Waals surface area (Å²) in [7, 11) is 0. The minimum atomic E-state index is -1.43. The number of nitrogens with two attached hydrogens (primary N) is 1. The predicted octanol–water partition coefficient (Wildman–Crippen LogP) is -2.03. The fourth-order valence-corrected chi connectivity index (χ4v) is 1.52. The van der Waals surface area contributed by atoms with E-state index in [9.17, 15) is 15.3 Å². The van der Waals surface area contributed by atoms with Gasteiger partial charge in [0.05, 0.1) is 24.6 Å². The van der Waals surface area contributed by atoms with Gasteiger partial charge in [-0.25, -0.2) is 4.68 Å². The van der Waals surface area contributed by atoms with Gasteiger partial charge >= 0.3 is 0 Å². The molecule has 3 atom stereocenters. The van der Waals surface area contributed by atoms with Gasteiger partial charge < -0.3 is 31.5 Å². The quantitative estimate of drug-likeness (QED) is 0.332. The van der Waals surface area contributed by atoms with Crippen molar-refractivity contribution in [2.45, 2.75) is 31.8 Å². The fraction of sp³-hybridized carbons (Fsp3) is 0.700. The Morgan fingerprint density at radius 1 is 1.39 bits per heavy atom. The Labute approximate surface area is 105 Å². The van der Waals surface area contributed by atoms with Gasteiger partial charge in [0.2, 0.25) is 0 Å². The molecule has 0 saturated carbocycles. The molecule has 3 unspecified atom stereocenters. The lowest BCUT2D eigenvalue weighted by atomic mass is 10.1. The molecule has 0 aliphatic heterocycles. The number of hydrogen-bond acceptors (Lipinski definition) is 7. The molecule has 0 bridgehead atoms. The zero-order valence-electron chi connectivity index (χ0n) is 10.2. The van der Waals surface area contributed by atoms with Crippen molar-refractivity contribution < 1.29 is 20.4 Å². The summed E-state index contributed by atoms with van der Waals surface area (Å²) in [5, 5.41) is 43.8. The number of nitrogens with zero attached hydrogens (tertiary/aromatic N) is 2. The van der Waals surface area contributed by atoms with Gasteiger partial charge in [0.1, 0.15) is 18.0 Å². The minimum absolute atomic E-state index is 0.0197. The van der Waals surface area contributed by atoms with Crippen LogP contribution >= 0.6 is 0 Å². The summed E-state index contributed by atoms with van der Waals surface area (Å²) in [5.74, 6) is 0.544. The van der Waals surface area contributed by atoms with E-state index in [2.05, 4.69) is 10.4 Å². The molecule has 0 aliphatic carbocycles. The number of aromatic nitrogens is 2. The third-order valence-electron chi connectivity index (χ3n) is 2.62. The van der Waals surface area contributed by atoms with E-state index in [0.29, 0.717) is 18.1 Å². The van der Waals surface area contributed by atoms with E-state index in [-0.39, 0.29) is 6.54 Å². The van der Waals surface area contributed by atoms with Crippen LogP contribution in [-0.4, -0.2) is 61.7 Å². The topological polar surface area (TPSA) is 137 Å². The monoisotopic (exact) mass is 260 g/mol. The second-order valence-electron chi connectivity index (χ2n) is 3.95. The van der Waals surface area contributed by atoms with Gasteiger partial charge in [-0.05, 0) is 6.92 Å². The fourth-order valence-electron chi connectivity index (χ4n) is 1.52. The van der Waals surface area contributed by atoms with Crippen molar-refractivity contribution in [1.29, 1.82) is 0 Å². The molecule has 0 amide bonds. The summed E-state index contributed by atoms with van der Waals surface area (Å²) in [6.45, 7) is 1.86. The van der Waals surface area contributed by atoms with Crippen molar-refractivity contribution in [3.05, 3.63) is 6.20 Å². The highest BCUT2D eigenvalue weighted by molar-refractivity contribution is 5.60. The SMILES string of the molecule is CCn1ncc(N)c1NCC(O)C(O)C(O)CO. The Bertz CT molecular complexity index is 371. The van der Waals surface area contributed by atoms with E-state index >= 15 is 0 Å². The van der Waals surface area contributed by atoms with Crippen LogP contribution in [0.2, 0.25) is 0 Å². The first-order chi connectivity index (χ1) is 8.51. The second-order valence-corrected chi connectivity index (χ2v) is 3.95. The molecule has 0 fully saturated rings. The van der Waals surface area contributed by atoms with Crippen LogP contribution in [0.15, 0.2) is 6.20 Å². The van der Waals surface area contributed by atoms with Crippen LogP contribution in [0.4, 0.5) is 11.5 Å². The van der Waals surface area contributed by atoms with Crippen LogP contribution in [0.25, 0.3) is 0 Å². The van der Waals surface area contributed by atoms with E-state index in [0.717, 1.165) is 0 Å². The van der Waals surface area contributed by atoms with Crippen LogP contribution in [0.5, 0.6) is 0 Å². The molecular formula is C10H20N4O4. The summed E-state index contributed by atoms with van der Waals surface area (Å²) < 4.78 is 1.61. The highest BCUT2D eigenvalue weighted by Crippen LogP contribution is 2.17. The van der Waals surface area contributed by atoms with Crippen LogP contribution in [0.1, 0.15) is 6.92 Å². The van der Waals surface area contributed by atoms with E-state index in [1.54, 1.807) is 4.68 Å². The number of hydrogen-bond donors (Lipinski definition) is 6. The van der Waals surface area contributed by atoms with Crippen molar-refractivity contribution in [3.8, 4) is 0 Å². The molecule has 1 rings (SSSR count). The van der Waals surface area contributed by atoms with E-state index < -0.39 is 24.9 Å². The van der Waals surface area contributed by atoms with Crippen molar-refractivity contribution >= 4 is 11.5 Å². The third kappa shape index (κ3) is 3.33. The largest absolute Gasteiger partial charge is 0.394 e. The number of aliphatic hydroxyl groups excluding tert-OH is 4. The standard InChI is InChI=1S/C10H20N4O4/c1-2-14-10(6(11)3-13-14)12-4-7(16)9(18)8(17)5-15/h3,7-9,12,15-18H,2,4-5,11H2,1H3. The average molecular weight is 260 g/mol. The van der Waals surface area contributed by atoms with Crippen molar-refractivity contribution in [3.63, 3.8) is 0 Å². The van der Waals surface area contributed by atoms with Gasteiger partial charge in [0, 0.05) is 13.1 Å². The van der Waals surface area contributed by atoms with Crippen molar-refractivity contribution in [2.24, 2.45) is 0 Å². The number of nitrogen functional groups attached to an aromatic ring is 1. The van der Waals surface area contributed by atoms with Crippen molar-refractivity contribution in [1.82, 2.24) is 9.78 Å². The zero-order chi connectivity index (χ0) is 13.7. The Balaban J connectivity index is 2.56. The molecule has 0 spiro atoms.